The Hall–Kier alpha value is -1.81. The van der Waals surface area contributed by atoms with E-state index in [2.05, 4.69) is 15.1 Å². The smallest absolute Gasteiger partial charge is 0.350 e. The number of nitrogens with zero attached hydrogens (tertiary/aromatic N) is 2. The van der Waals surface area contributed by atoms with Crippen LogP contribution >= 0.6 is 0 Å². The van der Waals surface area contributed by atoms with Gasteiger partial charge in [-0.3, -0.25) is 14.6 Å². The van der Waals surface area contributed by atoms with Crippen LogP contribution in [0.15, 0.2) is 18.2 Å². The summed E-state index contributed by atoms with van der Waals surface area (Å²) in [7, 11) is 0. The fourth-order valence-corrected chi connectivity index (χ4v) is 3.32. The molecule has 4 nitrogen and oxygen atoms in total. The van der Waals surface area contributed by atoms with Gasteiger partial charge in [0.2, 0.25) is 0 Å². The number of rotatable bonds is 3. The van der Waals surface area contributed by atoms with Gasteiger partial charge < -0.3 is 5.32 Å². The van der Waals surface area contributed by atoms with Crippen LogP contribution in [0.5, 0.6) is 0 Å². The van der Waals surface area contributed by atoms with Gasteiger partial charge in [-0.15, -0.1) is 0 Å². The molecular weight excluding hydrogens is 364 g/mol. The number of benzene rings is 1. The molecule has 0 aromatic heterocycles. The summed E-state index contributed by atoms with van der Waals surface area (Å²) in [6.07, 6.45) is -9.95. The molecule has 26 heavy (non-hydrogen) atoms. The van der Waals surface area contributed by atoms with Crippen molar-refractivity contribution in [1.29, 1.82) is 0 Å². The summed E-state index contributed by atoms with van der Waals surface area (Å²) in [5, 5.41) is 2.47. The number of alkyl halides is 6. The summed E-state index contributed by atoms with van der Waals surface area (Å²) in [6, 6.07) is 0.910. The normalized spacial score (nSPS) is 26.0. The van der Waals surface area contributed by atoms with E-state index in [1.54, 1.807) is 0 Å². The molecule has 3 aliphatic heterocycles. The van der Waals surface area contributed by atoms with Crippen LogP contribution in [0.3, 0.4) is 0 Å². The number of carbonyl (C=O) groups excluding carboxylic acids is 1. The largest absolute Gasteiger partial charge is 0.416 e. The molecular formula is C16H17F6N3O. The average molecular weight is 381 g/mol. The molecule has 0 spiro atoms. The predicted octanol–water partition coefficient (Wildman–Crippen LogP) is 2.45. The molecule has 0 radical (unpaired) electrons. The fraction of sp³-hybridized carbons (Fsp3) is 0.562. The molecule has 1 unspecified atom stereocenters. The second kappa shape index (κ2) is 6.73. The van der Waals surface area contributed by atoms with Gasteiger partial charge in [0.05, 0.1) is 11.1 Å². The minimum Gasteiger partial charge on any atom is -0.350 e. The summed E-state index contributed by atoms with van der Waals surface area (Å²) in [6.45, 7) is 4.41. The van der Waals surface area contributed by atoms with Crippen molar-refractivity contribution in [3.8, 4) is 0 Å². The fourth-order valence-electron chi connectivity index (χ4n) is 3.32. The highest BCUT2D eigenvalue weighted by Gasteiger charge is 2.38. The Morgan fingerprint density at radius 3 is 1.92 bits per heavy atom. The topological polar surface area (TPSA) is 35.6 Å². The van der Waals surface area contributed by atoms with E-state index in [-0.39, 0.29) is 18.7 Å². The first kappa shape index (κ1) is 19.0. The summed E-state index contributed by atoms with van der Waals surface area (Å²) in [4.78, 5) is 16.5. The number of amides is 1. The molecule has 0 saturated carbocycles. The first-order chi connectivity index (χ1) is 12.0. The summed E-state index contributed by atoms with van der Waals surface area (Å²) in [5.41, 5.74) is -3.64. The van der Waals surface area contributed by atoms with Crippen molar-refractivity contribution in [2.24, 2.45) is 0 Å². The third-order valence-corrected chi connectivity index (χ3v) is 4.74. The number of piperazine rings is 3. The first-order valence-corrected chi connectivity index (χ1v) is 8.08. The van der Waals surface area contributed by atoms with Crippen LogP contribution in [-0.4, -0.2) is 61.0 Å². The van der Waals surface area contributed by atoms with Crippen molar-refractivity contribution < 1.29 is 31.1 Å². The molecule has 144 valence electrons. The predicted molar refractivity (Wildman–Crippen MR) is 80.6 cm³/mol. The van der Waals surface area contributed by atoms with Crippen LogP contribution in [-0.2, 0) is 12.4 Å². The maximum atomic E-state index is 12.9. The molecule has 1 atom stereocenters. The van der Waals surface area contributed by atoms with Crippen LogP contribution in [0.2, 0.25) is 0 Å². The monoisotopic (exact) mass is 381 g/mol. The standard InChI is InChI=1S/C16H17F6N3O/c17-15(18,19)11-5-10(6-12(7-11)16(20,21)22)14(26)23-8-13-9-24-1-3-25(13)4-2-24/h5-7,13H,1-4,8-9H2,(H,23,26). The summed E-state index contributed by atoms with van der Waals surface area (Å²) < 4.78 is 77.2. The number of nitrogens with one attached hydrogen (secondary N) is 1. The van der Waals surface area contributed by atoms with E-state index in [4.69, 9.17) is 0 Å². The van der Waals surface area contributed by atoms with Gasteiger partial charge in [0.25, 0.3) is 5.91 Å². The second-order valence-electron chi connectivity index (χ2n) is 6.49. The molecule has 1 amide bonds. The minimum atomic E-state index is -4.97. The van der Waals surface area contributed by atoms with Crippen LogP contribution in [0.25, 0.3) is 0 Å². The molecule has 1 N–H and O–H groups in total. The third kappa shape index (κ3) is 4.12. The highest BCUT2D eigenvalue weighted by Crippen LogP contribution is 2.36. The molecule has 3 aliphatic rings. The van der Waals surface area contributed by atoms with Gasteiger partial charge in [-0.05, 0) is 18.2 Å². The first-order valence-electron chi connectivity index (χ1n) is 8.08. The van der Waals surface area contributed by atoms with Gasteiger partial charge in [0.1, 0.15) is 0 Å². The quantitative estimate of drug-likeness (QED) is 0.818. The number of hydrogen-bond donors (Lipinski definition) is 1. The van der Waals surface area contributed by atoms with E-state index < -0.39 is 35.0 Å². The molecule has 3 heterocycles. The Labute approximate surface area is 145 Å². The Morgan fingerprint density at radius 2 is 1.50 bits per heavy atom. The molecule has 2 bridgehead atoms. The maximum absolute atomic E-state index is 12.9. The molecule has 0 aliphatic carbocycles. The lowest BCUT2D eigenvalue weighted by Gasteiger charge is -2.47. The summed E-state index contributed by atoms with van der Waals surface area (Å²) >= 11 is 0. The second-order valence-corrected chi connectivity index (χ2v) is 6.49. The van der Waals surface area contributed by atoms with Crippen molar-refractivity contribution in [3.05, 3.63) is 34.9 Å². The van der Waals surface area contributed by atoms with Crippen LogP contribution in [0.4, 0.5) is 26.3 Å². The lowest BCUT2D eigenvalue weighted by atomic mass is 10.0. The zero-order valence-electron chi connectivity index (χ0n) is 13.6. The Bertz CT molecular complexity index is 647. The highest BCUT2D eigenvalue weighted by atomic mass is 19.4. The van der Waals surface area contributed by atoms with Crippen LogP contribution < -0.4 is 5.32 Å². The van der Waals surface area contributed by atoms with Gasteiger partial charge in [-0.2, -0.15) is 26.3 Å². The number of hydrogen-bond acceptors (Lipinski definition) is 3. The molecule has 10 heteroatoms. The zero-order valence-corrected chi connectivity index (χ0v) is 13.6. The van der Waals surface area contributed by atoms with Crippen LogP contribution in [0.1, 0.15) is 21.5 Å². The zero-order chi connectivity index (χ0) is 19.1. The van der Waals surface area contributed by atoms with Gasteiger partial charge in [0.15, 0.2) is 0 Å². The number of fused-ring (bicyclic) bond motifs is 3. The lowest BCUT2D eigenvalue weighted by molar-refractivity contribution is -0.143. The van der Waals surface area contributed by atoms with Gasteiger partial charge in [-0.1, -0.05) is 0 Å². The SMILES string of the molecule is O=C(NCC1CN2CCN1CC2)c1cc(C(F)(F)F)cc(C(F)(F)F)c1. The Kier molecular flexibility index (Phi) is 4.91. The average Bonchev–Trinajstić information content (AvgIpc) is 2.59. The maximum Gasteiger partial charge on any atom is 0.416 e. The van der Waals surface area contributed by atoms with Crippen LogP contribution in [0, 0.1) is 0 Å². The molecule has 3 fully saturated rings. The number of halogens is 6. The Morgan fingerprint density at radius 1 is 0.962 bits per heavy atom. The number of carbonyl (C=O) groups is 1. The lowest BCUT2D eigenvalue weighted by Crippen LogP contribution is -2.63. The van der Waals surface area contributed by atoms with E-state index in [0.29, 0.717) is 12.1 Å². The van der Waals surface area contributed by atoms with Gasteiger partial charge in [0, 0.05) is 50.9 Å². The van der Waals surface area contributed by atoms with Crippen molar-refractivity contribution >= 4 is 5.91 Å². The van der Waals surface area contributed by atoms with Crippen molar-refractivity contribution in [3.63, 3.8) is 0 Å². The van der Waals surface area contributed by atoms with E-state index in [9.17, 15) is 31.1 Å². The van der Waals surface area contributed by atoms with E-state index in [1.165, 1.54) is 0 Å². The minimum absolute atomic E-state index is 0.00864. The van der Waals surface area contributed by atoms with Crippen molar-refractivity contribution in [2.45, 2.75) is 18.4 Å². The van der Waals surface area contributed by atoms with E-state index in [1.807, 2.05) is 0 Å². The highest BCUT2D eigenvalue weighted by molar-refractivity contribution is 5.94. The third-order valence-electron chi connectivity index (χ3n) is 4.74. The van der Waals surface area contributed by atoms with Gasteiger partial charge >= 0.3 is 12.4 Å². The molecule has 1 aromatic rings. The molecule has 3 saturated heterocycles. The van der Waals surface area contributed by atoms with E-state index in [0.717, 1.165) is 32.7 Å². The molecule has 1 aromatic carbocycles. The van der Waals surface area contributed by atoms with Gasteiger partial charge in [-0.25, -0.2) is 0 Å². The van der Waals surface area contributed by atoms with Crippen molar-refractivity contribution in [1.82, 2.24) is 15.1 Å². The Balaban J connectivity index is 1.75. The van der Waals surface area contributed by atoms with Crippen molar-refractivity contribution in [2.75, 3.05) is 39.3 Å². The molecule has 4 rings (SSSR count). The van der Waals surface area contributed by atoms with E-state index >= 15 is 0 Å². The summed E-state index contributed by atoms with van der Waals surface area (Å²) in [5.74, 6) is -0.945.